The molecule has 0 saturated carbocycles. The summed E-state index contributed by atoms with van der Waals surface area (Å²) in [6.07, 6.45) is 1.63. The fourth-order valence-corrected chi connectivity index (χ4v) is 4.81. The van der Waals surface area contributed by atoms with Crippen LogP contribution in [0.15, 0.2) is 54.6 Å². The molecule has 1 unspecified atom stereocenters. The Balaban J connectivity index is 1.67. The molecule has 1 N–H and O–H groups in total. The van der Waals surface area contributed by atoms with Gasteiger partial charge < -0.3 is 9.88 Å². The second-order valence-corrected chi connectivity index (χ2v) is 8.45. The maximum absolute atomic E-state index is 13.9. The van der Waals surface area contributed by atoms with Crippen molar-refractivity contribution in [3.05, 3.63) is 93.5 Å². The zero-order valence-corrected chi connectivity index (χ0v) is 17.8. The number of halogens is 2. The van der Waals surface area contributed by atoms with E-state index in [0.29, 0.717) is 11.6 Å². The van der Waals surface area contributed by atoms with Crippen molar-refractivity contribution in [2.75, 3.05) is 11.4 Å². The van der Waals surface area contributed by atoms with Crippen LogP contribution in [0.25, 0.3) is 10.9 Å². The molecule has 0 aliphatic carbocycles. The first-order valence-electron chi connectivity index (χ1n) is 10.3. The molecular formula is C25H23ClFN3. The summed E-state index contributed by atoms with van der Waals surface area (Å²) in [5, 5.41) is 1.59. The van der Waals surface area contributed by atoms with Crippen molar-refractivity contribution in [3.8, 4) is 0 Å². The topological polar surface area (TPSA) is 31.9 Å². The molecule has 152 valence electrons. The SMILES string of the molecule is Cc1[nH]c2c(N3CCc4ccccc4C3Cc3cccc(F)c3)nc(Cl)cc2c1C. The van der Waals surface area contributed by atoms with Gasteiger partial charge in [-0.2, -0.15) is 0 Å². The molecule has 1 aliphatic rings. The van der Waals surface area contributed by atoms with E-state index in [1.165, 1.54) is 22.8 Å². The molecule has 1 aliphatic heterocycles. The summed E-state index contributed by atoms with van der Waals surface area (Å²) in [6, 6.07) is 17.4. The number of hydrogen-bond acceptors (Lipinski definition) is 2. The van der Waals surface area contributed by atoms with Crippen LogP contribution in [0.5, 0.6) is 0 Å². The van der Waals surface area contributed by atoms with E-state index in [1.807, 2.05) is 12.1 Å². The van der Waals surface area contributed by atoms with Crippen LogP contribution < -0.4 is 4.90 Å². The highest BCUT2D eigenvalue weighted by molar-refractivity contribution is 6.30. The lowest BCUT2D eigenvalue weighted by Gasteiger charge is -2.38. The van der Waals surface area contributed by atoms with E-state index in [9.17, 15) is 4.39 Å². The Hall–Kier alpha value is -2.85. The minimum Gasteiger partial charge on any atom is -0.355 e. The average Bonchev–Trinajstić information content (AvgIpc) is 3.02. The standard InChI is InChI=1S/C25H23ClFN3/c1-15-16(2)28-24-21(15)14-23(26)29-25(24)30-11-10-18-7-3-4-9-20(18)22(30)13-17-6-5-8-19(27)12-17/h3-9,12,14,22,28H,10-11,13H2,1-2H3. The third-order valence-corrected chi connectivity index (χ3v) is 6.44. The molecular weight excluding hydrogens is 397 g/mol. The Kier molecular flexibility index (Phi) is 4.75. The van der Waals surface area contributed by atoms with Gasteiger partial charge in [0.1, 0.15) is 11.0 Å². The fraction of sp³-hybridized carbons (Fsp3) is 0.240. The molecule has 30 heavy (non-hydrogen) atoms. The van der Waals surface area contributed by atoms with Crippen LogP contribution in [-0.4, -0.2) is 16.5 Å². The molecule has 0 bridgehead atoms. The number of nitrogens with zero attached hydrogens (tertiary/aromatic N) is 2. The highest BCUT2D eigenvalue weighted by atomic mass is 35.5. The molecule has 0 spiro atoms. The van der Waals surface area contributed by atoms with Gasteiger partial charge >= 0.3 is 0 Å². The summed E-state index contributed by atoms with van der Waals surface area (Å²) < 4.78 is 13.9. The van der Waals surface area contributed by atoms with Crippen LogP contribution in [0.3, 0.4) is 0 Å². The van der Waals surface area contributed by atoms with Crippen molar-refractivity contribution in [2.24, 2.45) is 0 Å². The van der Waals surface area contributed by atoms with Gasteiger partial charge in [0.25, 0.3) is 0 Å². The predicted molar refractivity (Wildman–Crippen MR) is 121 cm³/mol. The van der Waals surface area contributed by atoms with Gasteiger partial charge in [-0.3, -0.25) is 0 Å². The summed E-state index contributed by atoms with van der Waals surface area (Å²) >= 11 is 6.45. The van der Waals surface area contributed by atoms with E-state index in [2.05, 4.69) is 48.0 Å². The van der Waals surface area contributed by atoms with E-state index < -0.39 is 0 Å². The highest BCUT2D eigenvalue weighted by Gasteiger charge is 2.30. The van der Waals surface area contributed by atoms with Gasteiger partial charge in [-0.05, 0) is 67.1 Å². The average molecular weight is 420 g/mol. The van der Waals surface area contributed by atoms with Crippen molar-refractivity contribution in [1.29, 1.82) is 0 Å². The highest BCUT2D eigenvalue weighted by Crippen LogP contribution is 2.39. The van der Waals surface area contributed by atoms with Gasteiger partial charge in [0, 0.05) is 17.6 Å². The quantitative estimate of drug-likeness (QED) is 0.394. The number of anilines is 1. The number of pyridine rings is 1. The number of fused-ring (bicyclic) bond motifs is 2. The number of benzene rings is 2. The fourth-order valence-electron chi connectivity index (χ4n) is 4.62. The molecule has 0 radical (unpaired) electrons. The van der Waals surface area contributed by atoms with Crippen molar-refractivity contribution in [1.82, 2.24) is 9.97 Å². The Morgan fingerprint density at radius 2 is 1.97 bits per heavy atom. The first kappa shape index (κ1) is 19.1. The maximum atomic E-state index is 13.9. The summed E-state index contributed by atoms with van der Waals surface area (Å²) in [5.74, 6) is 0.659. The smallest absolute Gasteiger partial charge is 0.155 e. The van der Waals surface area contributed by atoms with Gasteiger partial charge in [0.2, 0.25) is 0 Å². The Morgan fingerprint density at radius 3 is 2.80 bits per heavy atom. The molecule has 4 aromatic rings. The van der Waals surface area contributed by atoms with E-state index >= 15 is 0 Å². The molecule has 5 heteroatoms. The van der Waals surface area contributed by atoms with Crippen LogP contribution in [0.1, 0.15) is 34.0 Å². The van der Waals surface area contributed by atoms with Crippen LogP contribution in [0.2, 0.25) is 5.15 Å². The summed E-state index contributed by atoms with van der Waals surface area (Å²) in [4.78, 5) is 10.6. The number of aromatic amines is 1. The monoisotopic (exact) mass is 419 g/mol. The zero-order chi connectivity index (χ0) is 20.8. The molecule has 2 aromatic carbocycles. The van der Waals surface area contributed by atoms with Crippen molar-refractivity contribution in [3.63, 3.8) is 0 Å². The maximum Gasteiger partial charge on any atom is 0.155 e. The second-order valence-electron chi connectivity index (χ2n) is 8.06. The van der Waals surface area contributed by atoms with Crippen LogP contribution in [0, 0.1) is 19.7 Å². The van der Waals surface area contributed by atoms with E-state index in [0.717, 1.165) is 40.9 Å². The lowest BCUT2D eigenvalue weighted by Crippen LogP contribution is -2.37. The minimum absolute atomic E-state index is 0.0508. The molecule has 2 aromatic heterocycles. The normalized spacial score (nSPS) is 16.1. The Bertz CT molecular complexity index is 1250. The van der Waals surface area contributed by atoms with Crippen molar-refractivity contribution < 1.29 is 4.39 Å². The molecule has 3 nitrogen and oxygen atoms in total. The summed E-state index contributed by atoms with van der Waals surface area (Å²) in [5.41, 5.74) is 6.90. The third kappa shape index (κ3) is 3.25. The number of rotatable bonds is 3. The molecule has 0 fully saturated rings. The minimum atomic E-state index is -0.206. The lowest BCUT2D eigenvalue weighted by molar-refractivity contribution is 0.570. The first-order chi connectivity index (χ1) is 14.5. The number of hydrogen-bond donors (Lipinski definition) is 1. The number of H-pyrrole nitrogens is 1. The van der Waals surface area contributed by atoms with Gasteiger partial charge in [-0.25, -0.2) is 9.37 Å². The van der Waals surface area contributed by atoms with E-state index in [1.54, 1.807) is 12.1 Å². The largest absolute Gasteiger partial charge is 0.355 e. The summed E-state index contributed by atoms with van der Waals surface area (Å²) in [6.45, 7) is 5.00. The van der Waals surface area contributed by atoms with E-state index in [4.69, 9.17) is 16.6 Å². The molecule has 5 rings (SSSR count). The number of aromatic nitrogens is 2. The predicted octanol–water partition coefficient (Wildman–Crippen LogP) is 6.32. The van der Waals surface area contributed by atoms with Gasteiger partial charge in [-0.1, -0.05) is 48.0 Å². The number of aryl methyl sites for hydroxylation is 2. The molecule has 0 saturated heterocycles. The van der Waals surface area contributed by atoms with Gasteiger partial charge in [0.05, 0.1) is 11.6 Å². The van der Waals surface area contributed by atoms with Crippen LogP contribution in [0.4, 0.5) is 10.2 Å². The second kappa shape index (κ2) is 7.44. The molecule has 0 amide bonds. The van der Waals surface area contributed by atoms with Gasteiger partial charge in [0.15, 0.2) is 5.82 Å². The Morgan fingerprint density at radius 1 is 1.13 bits per heavy atom. The first-order valence-corrected chi connectivity index (χ1v) is 10.6. The zero-order valence-electron chi connectivity index (χ0n) is 17.0. The number of nitrogens with one attached hydrogen (secondary N) is 1. The van der Waals surface area contributed by atoms with Crippen molar-refractivity contribution >= 4 is 28.3 Å². The van der Waals surface area contributed by atoms with Crippen molar-refractivity contribution in [2.45, 2.75) is 32.7 Å². The molecule has 1 atom stereocenters. The lowest BCUT2D eigenvalue weighted by atomic mass is 9.88. The third-order valence-electron chi connectivity index (χ3n) is 6.25. The van der Waals surface area contributed by atoms with Crippen LogP contribution >= 0.6 is 11.6 Å². The Labute approximate surface area is 180 Å². The van der Waals surface area contributed by atoms with Gasteiger partial charge in [-0.15, -0.1) is 0 Å². The summed E-state index contributed by atoms with van der Waals surface area (Å²) in [7, 11) is 0. The van der Waals surface area contributed by atoms with E-state index in [-0.39, 0.29) is 11.9 Å². The molecule has 3 heterocycles. The van der Waals surface area contributed by atoms with Crippen LogP contribution in [-0.2, 0) is 12.8 Å².